The van der Waals surface area contributed by atoms with E-state index in [2.05, 4.69) is 25.9 Å². The molecule has 14 heteroatoms. The summed E-state index contributed by atoms with van der Waals surface area (Å²) in [7, 11) is -1.86. The summed E-state index contributed by atoms with van der Waals surface area (Å²) in [4.78, 5) is 20.8. The Bertz CT molecular complexity index is 1470. The Hall–Kier alpha value is -3.51. The number of carbonyl (C=O) groups excluding carboxylic acids is 1. The van der Waals surface area contributed by atoms with Crippen LogP contribution < -0.4 is 16.0 Å². The van der Waals surface area contributed by atoms with Crippen molar-refractivity contribution in [3.8, 4) is 0 Å². The van der Waals surface area contributed by atoms with Gasteiger partial charge in [0.25, 0.3) is 5.91 Å². The Labute approximate surface area is 254 Å². The van der Waals surface area contributed by atoms with Gasteiger partial charge in [-0.1, -0.05) is 18.2 Å². The number of nitrogens with one attached hydrogen (secondary N) is 3. The zero-order chi connectivity index (χ0) is 31.9. The summed E-state index contributed by atoms with van der Waals surface area (Å²) in [5.74, 6) is -0.973. The van der Waals surface area contributed by atoms with Crippen LogP contribution in [0.4, 0.5) is 36.3 Å². The topological polar surface area (TPSA) is 135 Å². The van der Waals surface area contributed by atoms with Crippen LogP contribution in [-0.4, -0.2) is 47.3 Å². The third-order valence-electron chi connectivity index (χ3n) is 7.27. The van der Waals surface area contributed by atoms with Crippen molar-refractivity contribution < 1.29 is 36.7 Å². The molecule has 1 aromatic heterocycles. The number of hydrogen-bond acceptors (Lipinski definition) is 9. The third kappa shape index (κ3) is 8.56. The number of halogens is 3. The first-order valence-electron chi connectivity index (χ1n) is 14.4. The van der Waals surface area contributed by atoms with E-state index in [0.29, 0.717) is 30.3 Å². The molecule has 0 aliphatic heterocycles. The molecule has 3 aromatic rings. The first-order valence-corrected chi connectivity index (χ1v) is 16.2. The molecule has 10 nitrogen and oxygen atoms in total. The molecule has 1 amide bonds. The SMILES string of the molecule is CCOP(=O)(Cc1ccc(Nc2ncc(C(F)(F)F)c(Nc3ccc([C@H]4CC[C@H](O)CC4)cc3C(=O)NC)n2)cc1)OCC. The highest BCUT2D eigenvalue weighted by Gasteiger charge is 2.36. The van der Waals surface area contributed by atoms with Gasteiger partial charge in [-0.25, -0.2) is 4.98 Å². The van der Waals surface area contributed by atoms with E-state index in [9.17, 15) is 27.6 Å². The number of nitrogens with zero attached hydrogens (tertiary/aromatic N) is 2. The first kappa shape index (κ1) is 33.4. The van der Waals surface area contributed by atoms with Crippen molar-refractivity contribution in [2.24, 2.45) is 0 Å². The number of hydrogen-bond donors (Lipinski definition) is 4. The molecule has 0 saturated heterocycles. The van der Waals surface area contributed by atoms with Crippen LogP contribution in [0, 0.1) is 0 Å². The summed E-state index contributed by atoms with van der Waals surface area (Å²) in [6.45, 7) is 3.92. The normalized spacial score (nSPS) is 17.2. The van der Waals surface area contributed by atoms with Gasteiger partial charge in [-0.15, -0.1) is 0 Å². The molecule has 2 aromatic carbocycles. The van der Waals surface area contributed by atoms with E-state index in [4.69, 9.17) is 9.05 Å². The average molecular weight is 636 g/mol. The average Bonchev–Trinajstić information content (AvgIpc) is 2.98. The van der Waals surface area contributed by atoms with E-state index in [1.54, 1.807) is 56.3 Å². The Morgan fingerprint density at radius 1 is 1.02 bits per heavy atom. The van der Waals surface area contributed by atoms with Crippen LogP contribution >= 0.6 is 7.60 Å². The van der Waals surface area contributed by atoms with Crippen molar-refractivity contribution in [2.45, 2.75) is 63.9 Å². The molecule has 1 aliphatic rings. The van der Waals surface area contributed by atoms with Gasteiger partial charge in [0.15, 0.2) is 0 Å². The predicted octanol–water partition coefficient (Wildman–Crippen LogP) is 7.13. The molecule has 1 saturated carbocycles. The minimum atomic E-state index is -4.77. The number of carbonyl (C=O) groups is 1. The zero-order valence-corrected chi connectivity index (χ0v) is 25.7. The number of alkyl halides is 3. The number of anilines is 4. The lowest BCUT2D eigenvalue weighted by atomic mass is 9.82. The number of rotatable bonds is 12. The first-order chi connectivity index (χ1) is 20.9. The maximum absolute atomic E-state index is 14.0. The molecule has 0 unspecified atom stereocenters. The van der Waals surface area contributed by atoms with Gasteiger partial charge in [-0.3, -0.25) is 9.36 Å². The fourth-order valence-electron chi connectivity index (χ4n) is 5.10. The molecule has 44 heavy (non-hydrogen) atoms. The number of amides is 1. The van der Waals surface area contributed by atoms with Crippen molar-refractivity contribution in [1.82, 2.24) is 15.3 Å². The second kappa shape index (κ2) is 14.5. The van der Waals surface area contributed by atoms with Crippen molar-refractivity contribution in [3.63, 3.8) is 0 Å². The summed E-state index contributed by atoms with van der Waals surface area (Å²) >= 11 is 0. The minimum absolute atomic E-state index is 0.0645. The fraction of sp³-hybridized carbons (Fsp3) is 0.433. The highest BCUT2D eigenvalue weighted by Crippen LogP contribution is 2.51. The molecule has 4 rings (SSSR count). The van der Waals surface area contributed by atoms with Gasteiger partial charge in [0.1, 0.15) is 11.4 Å². The summed E-state index contributed by atoms with van der Waals surface area (Å²) in [5, 5.41) is 18.0. The minimum Gasteiger partial charge on any atom is -0.393 e. The Morgan fingerprint density at radius 2 is 1.68 bits per heavy atom. The summed E-state index contributed by atoms with van der Waals surface area (Å²) < 4.78 is 65.5. The van der Waals surface area contributed by atoms with Crippen LogP contribution in [0.1, 0.15) is 72.5 Å². The second-order valence-electron chi connectivity index (χ2n) is 10.4. The van der Waals surface area contributed by atoms with E-state index < -0.39 is 31.1 Å². The summed E-state index contributed by atoms with van der Waals surface area (Å²) in [5.41, 5.74) is 1.26. The van der Waals surface area contributed by atoms with Gasteiger partial charge >= 0.3 is 13.8 Å². The van der Waals surface area contributed by atoms with Gasteiger partial charge < -0.3 is 30.1 Å². The molecule has 238 valence electrons. The molecule has 4 N–H and O–H groups in total. The largest absolute Gasteiger partial charge is 0.421 e. The zero-order valence-electron chi connectivity index (χ0n) is 24.8. The van der Waals surface area contributed by atoms with E-state index in [1.165, 1.54) is 7.05 Å². The van der Waals surface area contributed by atoms with Crippen LogP contribution in [0.2, 0.25) is 0 Å². The van der Waals surface area contributed by atoms with Gasteiger partial charge in [-0.05, 0) is 80.8 Å². The highest BCUT2D eigenvalue weighted by molar-refractivity contribution is 7.53. The van der Waals surface area contributed by atoms with Crippen molar-refractivity contribution in [2.75, 3.05) is 30.9 Å². The van der Waals surface area contributed by atoms with E-state index >= 15 is 0 Å². The smallest absolute Gasteiger partial charge is 0.393 e. The van der Waals surface area contributed by atoms with E-state index in [0.717, 1.165) is 18.4 Å². The van der Waals surface area contributed by atoms with Crippen molar-refractivity contribution in [1.29, 1.82) is 0 Å². The third-order valence-corrected chi connectivity index (χ3v) is 9.32. The second-order valence-corrected chi connectivity index (χ2v) is 12.4. The molecule has 0 spiro atoms. The summed E-state index contributed by atoms with van der Waals surface area (Å²) in [6, 6.07) is 11.7. The lowest BCUT2D eigenvalue weighted by Gasteiger charge is -2.26. The van der Waals surface area contributed by atoms with Gasteiger partial charge in [0.05, 0.1) is 36.7 Å². The van der Waals surface area contributed by atoms with Crippen LogP contribution in [0.5, 0.6) is 0 Å². The maximum Gasteiger partial charge on any atom is 0.421 e. The molecular weight excluding hydrogens is 598 g/mol. The Morgan fingerprint density at radius 3 is 2.27 bits per heavy atom. The molecule has 1 fully saturated rings. The van der Waals surface area contributed by atoms with Gasteiger partial charge in [0.2, 0.25) is 5.95 Å². The lowest BCUT2D eigenvalue weighted by Crippen LogP contribution is -2.21. The van der Waals surface area contributed by atoms with Crippen LogP contribution in [0.25, 0.3) is 0 Å². The Balaban J connectivity index is 1.59. The molecular formula is C30H37F3N5O5P. The van der Waals surface area contributed by atoms with Crippen molar-refractivity contribution >= 4 is 36.6 Å². The lowest BCUT2D eigenvalue weighted by molar-refractivity contribution is -0.137. The van der Waals surface area contributed by atoms with Gasteiger partial charge in [-0.2, -0.15) is 18.2 Å². The van der Waals surface area contributed by atoms with Crippen LogP contribution in [-0.2, 0) is 26.0 Å². The molecule has 1 aliphatic carbocycles. The highest BCUT2D eigenvalue weighted by atomic mass is 31.2. The number of benzene rings is 2. The van der Waals surface area contributed by atoms with E-state index in [-0.39, 0.29) is 48.6 Å². The maximum atomic E-state index is 14.0. The Kier molecular flexibility index (Phi) is 11.0. The summed E-state index contributed by atoms with van der Waals surface area (Å²) in [6.07, 6.45) is -1.58. The number of aromatic nitrogens is 2. The predicted molar refractivity (Wildman–Crippen MR) is 162 cm³/mol. The van der Waals surface area contributed by atoms with E-state index in [1.807, 2.05) is 0 Å². The van der Waals surface area contributed by atoms with Crippen LogP contribution in [0.3, 0.4) is 0 Å². The molecule has 0 bridgehead atoms. The molecule has 0 atom stereocenters. The fourth-order valence-corrected chi connectivity index (χ4v) is 6.80. The van der Waals surface area contributed by atoms with Gasteiger partial charge in [0, 0.05) is 18.9 Å². The molecule has 1 heterocycles. The quantitative estimate of drug-likeness (QED) is 0.153. The monoisotopic (exact) mass is 635 g/mol. The number of aliphatic hydroxyl groups is 1. The number of aliphatic hydroxyl groups excluding tert-OH is 1. The van der Waals surface area contributed by atoms with Crippen LogP contribution in [0.15, 0.2) is 48.7 Å². The standard InChI is InChI=1S/C30H37F3N5O5P/c1-4-42-44(41,43-5-2)18-19-6-11-22(12-7-19)36-29-35-17-25(30(31,32)33)27(38-29)37-26-15-10-21(16-24(26)28(40)34-3)20-8-13-23(39)14-9-20/h6-7,10-12,15-17,20,23,39H,4-5,8-9,13-14,18H2,1-3H3,(H,34,40)(H2,35,36,37,38)/t20-,23-. The van der Waals surface area contributed by atoms with Crippen molar-refractivity contribution in [3.05, 3.63) is 70.9 Å². The molecule has 0 radical (unpaired) electrons.